The number of nitrogens with one attached hydrogen (secondary N) is 1. The summed E-state index contributed by atoms with van der Waals surface area (Å²) in [5.41, 5.74) is 3.37. The molecule has 94 valence electrons. The summed E-state index contributed by atoms with van der Waals surface area (Å²) < 4.78 is 2.27. The Balaban J connectivity index is 2.09. The highest BCUT2D eigenvalue weighted by atomic mass is 16.3. The van der Waals surface area contributed by atoms with E-state index in [9.17, 15) is 5.11 Å². The maximum absolute atomic E-state index is 10.1. The number of hydrogen-bond acceptors (Lipinski definition) is 2. The van der Waals surface area contributed by atoms with E-state index in [2.05, 4.69) is 41.2 Å². The van der Waals surface area contributed by atoms with Crippen molar-refractivity contribution in [2.24, 2.45) is 0 Å². The van der Waals surface area contributed by atoms with Crippen LogP contribution < -0.4 is 5.32 Å². The Morgan fingerprint density at radius 2 is 2.22 bits per heavy atom. The van der Waals surface area contributed by atoms with Crippen molar-refractivity contribution in [3.8, 4) is 5.75 Å². The lowest BCUT2D eigenvalue weighted by molar-refractivity contribution is 0.457. The van der Waals surface area contributed by atoms with Gasteiger partial charge in [-0.1, -0.05) is 17.7 Å². The molecule has 3 rings (SSSR count). The summed E-state index contributed by atoms with van der Waals surface area (Å²) in [7, 11) is 0. The van der Waals surface area contributed by atoms with Gasteiger partial charge in [0.1, 0.15) is 5.75 Å². The molecule has 0 amide bonds. The normalized spacial score (nSPS) is 19.3. The Bertz CT molecular complexity index is 559. The molecule has 1 aromatic carbocycles. The lowest BCUT2D eigenvalue weighted by Gasteiger charge is -2.19. The first-order chi connectivity index (χ1) is 8.75. The van der Waals surface area contributed by atoms with Crippen molar-refractivity contribution in [3.05, 3.63) is 53.3 Å². The molecule has 1 aliphatic heterocycles. The van der Waals surface area contributed by atoms with E-state index in [4.69, 9.17) is 0 Å². The Labute approximate surface area is 107 Å². The number of aromatic hydroxyl groups is 1. The number of phenolic OH excluding ortho intramolecular Hbond substituents is 1. The van der Waals surface area contributed by atoms with Gasteiger partial charge in [-0.3, -0.25) is 0 Å². The lowest BCUT2D eigenvalue weighted by atomic mass is 10.0. The predicted octanol–water partition coefficient (Wildman–Crippen LogP) is 2.58. The van der Waals surface area contributed by atoms with Gasteiger partial charge >= 0.3 is 0 Å². The van der Waals surface area contributed by atoms with Gasteiger partial charge in [-0.25, -0.2) is 0 Å². The molecule has 0 saturated heterocycles. The summed E-state index contributed by atoms with van der Waals surface area (Å²) in [5, 5.41) is 13.6. The minimum absolute atomic E-state index is 0.0856. The Hall–Kier alpha value is -1.74. The second-order valence-electron chi connectivity index (χ2n) is 4.93. The molecule has 0 fully saturated rings. The second kappa shape index (κ2) is 4.50. The van der Waals surface area contributed by atoms with Crippen LogP contribution >= 0.6 is 0 Å². The van der Waals surface area contributed by atoms with E-state index in [0.717, 1.165) is 25.1 Å². The van der Waals surface area contributed by atoms with E-state index in [0.29, 0.717) is 5.75 Å². The Morgan fingerprint density at radius 1 is 1.33 bits per heavy atom. The van der Waals surface area contributed by atoms with Crippen LogP contribution in [0.15, 0.2) is 36.5 Å². The maximum Gasteiger partial charge on any atom is 0.120 e. The van der Waals surface area contributed by atoms with E-state index >= 15 is 0 Å². The zero-order valence-corrected chi connectivity index (χ0v) is 10.6. The molecule has 2 N–H and O–H groups in total. The number of hydrogen-bond donors (Lipinski definition) is 2. The van der Waals surface area contributed by atoms with E-state index < -0.39 is 0 Å². The van der Waals surface area contributed by atoms with Crippen molar-refractivity contribution < 1.29 is 5.11 Å². The molecule has 0 spiro atoms. The van der Waals surface area contributed by atoms with Crippen molar-refractivity contribution in [1.82, 2.24) is 9.88 Å². The number of phenols is 1. The number of fused-ring (bicyclic) bond motifs is 1. The van der Waals surface area contributed by atoms with Crippen molar-refractivity contribution in [3.63, 3.8) is 0 Å². The molecule has 0 radical (unpaired) electrons. The van der Waals surface area contributed by atoms with Crippen LogP contribution in [0, 0.1) is 6.92 Å². The predicted molar refractivity (Wildman–Crippen MR) is 71.7 cm³/mol. The molecular weight excluding hydrogens is 224 g/mol. The highest BCUT2D eigenvalue weighted by molar-refractivity contribution is 5.42. The minimum Gasteiger partial charge on any atom is -0.508 e. The third kappa shape index (κ3) is 1.91. The van der Waals surface area contributed by atoms with Gasteiger partial charge in [0, 0.05) is 24.0 Å². The van der Waals surface area contributed by atoms with Gasteiger partial charge in [-0.05, 0) is 38.1 Å². The first-order valence-corrected chi connectivity index (χ1v) is 6.43. The first-order valence-electron chi connectivity index (χ1n) is 6.43. The highest BCUT2D eigenvalue weighted by Crippen LogP contribution is 2.31. The highest BCUT2D eigenvalue weighted by Gasteiger charge is 2.22. The third-order valence-electron chi connectivity index (χ3n) is 3.58. The molecule has 0 bridgehead atoms. The molecular formula is C15H18N2O. The summed E-state index contributed by atoms with van der Waals surface area (Å²) in [6, 6.07) is 10.1. The quantitative estimate of drug-likeness (QED) is 0.806. The van der Waals surface area contributed by atoms with E-state index in [1.807, 2.05) is 6.07 Å². The minimum atomic E-state index is 0.0856. The van der Waals surface area contributed by atoms with Gasteiger partial charge in [-0.15, -0.1) is 0 Å². The van der Waals surface area contributed by atoms with Gasteiger partial charge in [0.05, 0.1) is 6.04 Å². The number of rotatable bonds is 1. The fourth-order valence-electron chi connectivity index (χ4n) is 2.67. The van der Waals surface area contributed by atoms with Crippen molar-refractivity contribution >= 4 is 0 Å². The average Bonchev–Trinajstić information content (AvgIpc) is 2.73. The number of aromatic nitrogens is 1. The standard InChI is InChI=1S/C15H18N2O/c1-11-5-6-14(18)12(10-11)15-13-4-2-8-17(13)9-3-7-16-15/h2,4-6,8,10,15-16,18H,3,7,9H2,1H3. The molecule has 1 atom stereocenters. The van der Waals surface area contributed by atoms with Crippen LogP contribution in [-0.2, 0) is 6.54 Å². The summed E-state index contributed by atoms with van der Waals surface area (Å²) in [4.78, 5) is 0. The second-order valence-corrected chi connectivity index (χ2v) is 4.93. The third-order valence-corrected chi connectivity index (χ3v) is 3.58. The SMILES string of the molecule is Cc1ccc(O)c(C2NCCCn3cccc32)c1. The summed E-state index contributed by atoms with van der Waals surface area (Å²) in [6.45, 7) is 4.07. The van der Waals surface area contributed by atoms with Gasteiger partial charge in [0.15, 0.2) is 0 Å². The van der Waals surface area contributed by atoms with Crippen LogP contribution in [-0.4, -0.2) is 16.2 Å². The number of nitrogens with zero attached hydrogens (tertiary/aromatic N) is 1. The Kier molecular flexibility index (Phi) is 2.84. The molecule has 0 saturated carbocycles. The fraction of sp³-hybridized carbons (Fsp3) is 0.333. The molecule has 2 aromatic rings. The molecule has 1 aromatic heterocycles. The molecule has 3 heteroatoms. The monoisotopic (exact) mass is 242 g/mol. The van der Waals surface area contributed by atoms with Crippen LogP contribution in [0.1, 0.15) is 29.3 Å². The van der Waals surface area contributed by atoms with Crippen molar-refractivity contribution in [2.75, 3.05) is 6.54 Å². The number of benzene rings is 1. The topological polar surface area (TPSA) is 37.2 Å². The van der Waals surface area contributed by atoms with Crippen LogP contribution in [0.2, 0.25) is 0 Å². The van der Waals surface area contributed by atoms with Crippen LogP contribution in [0.5, 0.6) is 5.75 Å². The molecule has 1 aliphatic rings. The zero-order chi connectivity index (χ0) is 12.5. The molecule has 0 aliphatic carbocycles. The zero-order valence-electron chi connectivity index (χ0n) is 10.6. The van der Waals surface area contributed by atoms with Crippen molar-refractivity contribution in [2.45, 2.75) is 25.9 Å². The van der Waals surface area contributed by atoms with Crippen LogP contribution in [0.4, 0.5) is 0 Å². The van der Waals surface area contributed by atoms with Gasteiger partial charge in [0.25, 0.3) is 0 Å². The number of aryl methyl sites for hydroxylation is 2. The molecule has 2 heterocycles. The van der Waals surface area contributed by atoms with E-state index in [1.54, 1.807) is 6.07 Å². The van der Waals surface area contributed by atoms with Crippen LogP contribution in [0.25, 0.3) is 0 Å². The van der Waals surface area contributed by atoms with Gasteiger partial charge < -0.3 is 15.0 Å². The summed E-state index contributed by atoms with van der Waals surface area (Å²) >= 11 is 0. The average molecular weight is 242 g/mol. The lowest BCUT2D eigenvalue weighted by Crippen LogP contribution is -2.22. The largest absolute Gasteiger partial charge is 0.508 e. The molecule has 18 heavy (non-hydrogen) atoms. The smallest absolute Gasteiger partial charge is 0.120 e. The summed E-state index contributed by atoms with van der Waals surface area (Å²) in [5.74, 6) is 0.368. The van der Waals surface area contributed by atoms with E-state index in [-0.39, 0.29) is 6.04 Å². The molecule has 1 unspecified atom stereocenters. The van der Waals surface area contributed by atoms with Gasteiger partial charge in [0.2, 0.25) is 0 Å². The van der Waals surface area contributed by atoms with Crippen molar-refractivity contribution in [1.29, 1.82) is 0 Å². The summed E-state index contributed by atoms with van der Waals surface area (Å²) in [6.07, 6.45) is 3.23. The maximum atomic E-state index is 10.1. The Morgan fingerprint density at radius 3 is 3.11 bits per heavy atom. The van der Waals surface area contributed by atoms with E-state index in [1.165, 1.54) is 11.3 Å². The molecule has 3 nitrogen and oxygen atoms in total. The van der Waals surface area contributed by atoms with Crippen LogP contribution in [0.3, 0.4) is 0 Å². The fourth-order valence-corrected chi connectivity index (χ4v) is 2.67. The van der Waals surface area contributed by atoms with Gasteiger partial charge in [-0.2, -0.15) is 0 Å². The first kappa shape index (κ1) is 11.4.